The number of hydrogen-bond donors (Lipinski definition) is 0. The molecule has 0 fully saturated rings. The second-order valence-electron chi connectivity index (χ2n) is 3.86. The van der Waals surface area contributed by atoms with Gasteiger partial charge in [0.1, 0.15) is 0 Å². The Labute approximate surface area is 106 Å². The highest BCUT2D eigenvalue weighted by Crippen LogP contribution is 2.19. The molecule has 0 atom stereocenters. The molecule has 0 unspecified atom stereocenters. The lowest BCUT2D eigenvalue weighted by atomic mass is 10.0. The highest BCUT2D eigenvalue weighted by molar-refractivity contribution is 5.72. The normalized spacial score (nSPS) is 10.1. The van der Waals surface area contributed by atoms with Crippen molar-refractivity contribution in [2.75, 3.05) is 7.11 Å². The van der Waals surface area contributed by atoms with E-state index in [0.717, 1.165) is 16.7 Å². The molecule has 0 radical (unpaired) electrons. The molecule has 3 nitrogen and oxygen atoms in total. The van der Waals surface area contributed by atoms with Crippen molar-refractivity contribution in [3.8, 4) is 11.1 Å². The fourth-order valence-corrected chi connectivity index (χ4v) is 1.73. The van der Waals surface area contributed by atoms with Gasteiger partial charge in [-0.25, -0.2) is 4.79 Å². The van der Waals surface area contributed by atoms with Crippen LogP contribution in [0.3, 0.4) is 0 Å². The van der Waals surface area contributed by atoms with Crippen LogP contribution in [0.2, 0.25) is 0 Å². The Morgan fingerprint density at radius 1 is 0.944 bits per heavy atom. The van der Waals surface area contributed by atoms with Crippen LogP contribution in [0.15, 0.2) is 54.6 Å². The zero-order valence-corrected chi connectivity index (χ0v) is 10.1. The molecule has 0 bridgehead atoms. The Bertz CT molecular complexity index is 503. The highest BCUT2D eigenvalue weighted by Gasteiger charge is 2.05. The minimum Gasteiger partial charge on any atom is -0.298 e. The third-order valence-electron chi connectivity index (χ3n) is 2.59. The molecular formula is C15H14O3. The summed E-state index contributed by atoms with van der Waals surface area (Å²) in [5.74, 6) is -0.398. The summed E-state index contributed by atoms with van der Waals surface area (Å²) < 4.78 is 0. The van der Waals surface area contributed by atoms with Crippen LogP contribution in [-0.4, -0.2) is 13.1 Å². The van der Waals surface area contributed by atoms with Crippen LogP contribution in [0.25, 0.3) is 11.1 Å². The van der Waals surface area contributed by atoms with E-state index in [0.29, 0.717) is 0 Å². The van der Waals surface area contributed by atoms with Gasteiger partial charge in [-0.3, -0.25) is 4.89 Å². The van der Waals surface area contributed by atoms with Crippen LogP contribution in [0.1, 0.15) is 5.56 Å². The van der Waals surface area contributed by atoms with E-state index in [4.69, 9.17) is 0 Å². The average molecular weight is 242 g/mol. The smallest absolute Gasteiger partial charge is 0.298 e. The third-order valence-corrected chi connectivity index (χ3v) is 2.59. The Kier molecular flexibility index (Phi) is 4.10. The maximum Gasteiger partial charge on any atom is 0.346 e. The molecule has 2 rings (SSSR count). The van der Waals surface area contributed by atoms with Crippen molar-refractivity contribution in [2.24, 2.45) is 0 Å². The zero-order valence-electron chi connectivity index (χ0n) is 10.1. The van der Waals surface area contributed by atoms with Gasteiger partial charge in [0.15, 0.2) is 0 Å². The Balaban J connectivity index is 2.09. The molecule has 2 aromatic rings. The van der Waals surface area contributed by atoms with Crippen molar-refractivity contribution in [1.29, 1.82) is 0 Å². The van der Waals surface area contributed by atoms with E-state index in [1.807, 2.05) is 54.6 Å². The Hall–Kier alpha value is -2.13. The van der Waals surface area contributed by atoms with Gasteiger partial charge in [-0.05, 0) is 16.7 Å². The zero-order chi connectivity index (χ0) is 12.8. The minimum absolute atomic E-state index is 0.211. The number of benzene rings is 2. The molecule has 3 heteroatoms. The molecule has 2 aromatic carbocycles. The topological polar surface area (TPSA) is 35.5 Å². The van der Waals surface area contributed by atoms with E-state index in [1.54, 1.807) is 0 Å². The van der Waals surface area contributed by atoms with Gasteiger partial charge in [-0.15, -0.1) is 0 Å². The fraction of sp³-hybridized carbons (Fsp3) is 0.133. The first kappa shape index (κ1) is 12.3. The summed E-state index contributed by atoms with van der Waals surface area (Å²) in [6.07, 6.45) is 0.211. The predicted molar refractivity (Wildman–Crippen MR) is 68.7 cm³/mol. The molecule has 0 aliphatic carbocycles. The van der Waals surface area contributed by atoms with Crippen LogP contribution in [0.4, 0.5) is 0 Å². The number of carbonyl (C=O) groups is 1. The van der Waals surface area contributed by atoms with Crippen molar-refractivity contribution in [1.82, 2.24) is 0 Å². The molecule has 92 valence electrons. The lowest BCUT2D eigenvalue weighted by Crippen LogP contribution is -2.06. The lowest BCUT2D eigenvalue weighted by Gasteiger charge is -2.04. The monoisotopic (exact) mass is 242 g/mol. The van der Waals surface area contributed by atoms with Crippen molar-refractivity contribution in [3.63, 3.8) is 0 Å². The Morgan fingerprint density at radius 2 is 1.56 bits per heavy atom. The molecule has 0 saturated carbocycles. The standard InChI is InChI=1S/C15H14O3/c1-17-18-15(16)11-12-7-9-14(10-8-12)13-5-3-2-4-6-13/h2-10H,11H2,1H3. The van der Waals surface area contributed by atoms with Gasteiger partial charge in [0.05, 0.1) is 13.5 Å². The van der Waals surface area contributed by atoms with Crippen molar-refractivity contribution in [3.05, 3.63) is 60.2 Å². The van der Waals surface area contributed by atoms with E-state index in [-0.39, 0.29) is 6.42 Å². The number of rotatable bonds is 4. The molecule has 18 heavy (non-hydrogen) atoms. The summed E-state index contributed by atoms with van der Waals surface area (Å²) in [6, 6.07) is 17.9. The minimum atomic E-state index is -0.398. The van der Waals surface area contributed by atoms with Gasteiger partial charge in [0, 0.05) is 0 Å². The number of hydrogen-bond acceptors (Lipinski definition) is 3. The third kappa shape index (κ3) is 3.18. The summed E-state index contributed by atoms with van der Waals surface area (Å²) >= 11 is 0. The van der Waals surface area contributed by atoms with E-state index in [1.165, 1.54) is 7.11 Å². The molecule has 0 heterocycles. The largest absolute Gasteiger partial charge is 0.346 e. The van der Waals surface area contributed by atoms with Crippen molar-refractivity contribution >= 4 is 5.97 Å². The summed E-state index contributed by atoms with van der Waals surface area (Å²) in [5.41, 5.74) is 3.18. The second-order valence-corrected chi connectivity index (χ2v) is 3.86. The fourth-order valence-electron chi connectivity index (χ4n) is 1.73. The van der Waals surface area contributed by atoms with Crippen molar-refractivity contribution in [2.45, 2.75) is 6.42 Å². The number of carbonyl (C=O) groups excluding carboxylic acids is 1. The van der Waals surface area contributed by atoms with Gasteiger partial charge >= 0.3 is 5.97 Å². The van der Waals surface area contributed by atoms with Crippen LogP contribution < -0.4 is 0 Å². The van der Waals surface area contributed by atoms with Gasteiger partial charge in [-0.1, -0.05) is 54.6 Å². The van der Waals surface area contributed by atoms with E-state index in [9.17, 15) is 4.79 Å². The van der Waals surface area contributed by atoms with Crippen LogP contribution in [0, 0.1) is 0 Å². The first-order chi connectivity index (χ1) is 8.79. The molecular weight excluding hydrogens is 228 g/mol. The van der Waals surface area contributed by atoms with Gasteiger partial charge in [0.25, 0.3) is 0 Å². The van der Waals surface area contributed by atoms with Crippen LogP contribution >= 0.6 is 0 Å². The van der Waals surface area contributed by atoms with Gasteiger partial charge in [0.2, 0.25) is 0 Å². The predicted octanol–water partition coefficient (Wildman–Crippen LogP) is 3.00. The summed E-state index contributed by atoms with van der Waals surface area (Å²) in [4.78, 5) is 20.0. The van der Waals surface area contributed by atoms with Gasteiger partial charge < -0.3 is 0 Å². The van der Waals surface area contributed by atoms with Crippen LogP contribution in [0.5, 0.6) is 0 Å². The first-order valence-electron chi connectivity index (χ1n) is 5.67. The average Bonchev–Trinajstić information content (AvgIpc) is 2.41. The van der Waals surface area contributed by atoms with E-state index >= 15 is 0 Å². The molecule has 0 spiro atoms. The first-order valence-corrected chi connectivity index (χ1v) is 5.67. The summed E-state index contributed by atoms with van der Waals surface area (Å²) in [6.45, 7) is 0. The molecule has 0 N–H and O–H groups in total. The molecule has 0 aliphatic rings. The quantitative estimate of drug-likeness (QED) is 0.610. The molecule has 0 amide bonds. The van der Waals surface area contributed by atoms with Gasteiger partial charge in [-0.2, -0.15) is 4.89 Å². The van der Waals surface area contributed by atoms with Crippen LogP contribution in [-0.2, 0) is 21.0 Å². The second kappa shape index (κ2) is 5.98. The molecule has 0 aliphatic heterocycles. The molecule has 0 saturated heterocycles. The Morgan fingerprint density at radius 3 is 2.17 bits per heavy atom. The maximum atomic E-state index is 11.2. The summed E-state index contributed by atoms with van der Waals surface area (Å²) in [5, 5.41) is 0. The van der Waals surface area contributed by atoms with E-state index < -0.39 is 5.97 Å². The maximum absolute atomic E-state index is 11.2. The van der Waals surface area contributed by atoms with E-state index in [2.05, 4.69) is 9.78 Å². The van der Waals surface area contributed by atoms with Crippen molar-refractivity contribution < 1.29 is 14.6 Å². The summed E-state index contributed by atoms with van der Waals surface area (Å²) in [7, 11) is 1.32. The SMILES string of the molecule is COOC(=O)Cc1ccc(-c2ccccc2)cc1. The molecule has 0 aromatic heterocycles. The lowest BCUT2D eigenvalue weighted by molar-refractivity contribution is -0.254. The highest BCUT2D eigenvalue weighted by atomic mass is 17.2.